The van der Waals surface area contributed by atoms with Crippen LogP contribution in [0, 0.1) is 0 Å². The standard InChI is InChI=1S/C22H19NO7S4/c24-16-11-9-15(10-12-16)23-19-7-3-1-5-17(19)21(18-6-2-4-8-20(18)23)22(31-13-33(25,26)27)32-14-34(28,29)30/h1-12,24H,13-14H2,(H,25,26,27)(H,28,29,30). The highest BCUT2D eigenvalue weighted by Gasteiger charge is 2.30. The lowest BCUT2D eigenvalue weighted by Gasteiger charge is -2.35. The van der Waals surface area contributed by atoms with Gasteiger partial charge >= 0.3 is 0 Å². The van der Waals surface area contributed by atoms with Crippen molar-refractivity contribution in [3.8, 4) is 5.75 Å². The average molecular weight is 538 g/mol. The molecular weight excluding hydrogens is 519 g/mol. The van der Waals surface area contributed by atoms with Gasteiger partial charge in [-0.2, -0.15) is 16.8 Å². The zero-order valence-electron chi connectivity index (χ0n) is 17.4. The van der Waals surface area contributed by atoms with Gasteiger partial charge in [-0.15, -0.1) is 0 Å². The summed E-state index contributed by atoms with van der Waals surface area (Å²) in [5.74, 6) is 0.119. The third-order valence-electron chi connectivity index (χ3n) is 4.82. The molecule has 4 rings (SSSR count). The van der Waals surface area contributed by atoms with E-state index in [0.29, 0.717) is 20.9 Å². The monoisotopic (exact) mass is 537 g/mol. The Hall–Kier alpha value is -2.48. The second-order valence-corrected chi connectivity index (χ2v) is 13.1. The van der Waals surface area contributed by atoms with E-state index in [1.165, 1.54) is 0 Å². The van der Waals surface area contributed by atoms with Crippen molar-refractivity contribution in [1.29, 1.82) is 0 Å². The molecule has 3 aromatic carbocycles. The molecule has 0 unspecified atom stereocenters. The van der Waals surface area contributed by atoms with Gasteiger partial charge in [0, 0.05) is 22.4 Å². The topological polar surface area (TPSA) is 132 Å². The number of anilines is 3. The quantitative estimate of drug-likeness (QED) is 0.275. The molecule has 0 fully saturated rings. The van der Waals surface area contributed by atoms with Gasteiger partial charge in [0.1, 0.15) is 15.9 Å². The summed E-state index contributed by atoms with van der Waals surface area (Å²) in [5, 5.41) is 8.37. The van der Waals surface area contributed by atoms with Crippen LogP contribution in [0.15, 0.2) is 77.0 Å². The van der Waals surface area contributed by atoms with Gasteiger partial charge < -0.3 is 10.0 Å². The summed E-state index contributed by atoms with van der Waals surface area (Å²) >= 11 is 1.56. The smallest absolute Gasteiger partial charge is 0.274 e. The molecule has 0 amide bonds. The van der Waals surface area contributed by atoms with E-state index in [4.69, 9.17) is 0 Å². The normalized spacial score (nSPS) is 13.4. The summed E-state index contributed by atoms with van der Waals surface area (Å²) in [6.45, 7) is 0. The first-order valence-corrected chi connectivity index (χ1v) is 14.9. The Labute approximate surface area is 205 Å². The van der Waals surface area contributed by atoms with Crippen LogP contribution in [0.2, 0.25) is 0 Å². The SMILES string of the molecule is O=S(=O)(O)CSC(SCS(=O)(=O)O)=C1c2ccccc2N(c2ccc(O)cc2)c2ccccc21. The van der Waals surface area contributed by atoms with Crippen molar-refractivity contribution in [1.82, 2.24) is 0 Å². The molecule has 8 nitrogen and oxygen atoms in total. The van der Waals surface area contributed by atoms with Crippen LogP contribution in [-0.2, 0) is 20.2 Å². The Kier molecular flexibility index (Phi) is 6.99. The zero-order valence-corrected chi connectivity index (χ0v) is 20.7. The maximum atomic E-state index is 11.5. The molecule has 3 N–H and O–H groups in total. The van der Waals surface area contributed by atoms with Gasteiger partial charge in [0.25, 0.3) is 20.2 Å². The molecule has 1 aliphatic rings. The number of thioether (sulfide) groups is 2. The number of hydrogen-bond acceptors (Lipinski definition) is 8. The zero-order chi connectivity index (χ0) is 24.5. The van der Waals surface area contributed by atoms with Crippen LogP contribution in [0.25, 0.3) is 5.57 Å². The van der Waals surface area contributed by atoms with E-state index in [-0.39, 0.29) is 5.75 Å². The van der Waals surface area contributed by atoms with Crippen LogP contribution in [0.4, 0.5) is 17.1 Å². The van der Waals surface area contributed by atoms with Gasteiger partial charge in [0.15, 0.2) is 0 Å². The first kappa shape index (κ1) is 24.6. The van der Waals surface area contributed by atoms with E-state index in [1.54, 1.807) is 36.4 Å². The third kappa shape index (κ3) is 5.59. The summed E-state index contributed by atoms with van der Waals surface area (Å²) in [7, 11) is -8.71. The third-order valence-corrected chi connectivity index (χ3v) is 9.78. The van der Waals surface area contributed by atoms with E-state index in [0.717, 1.165) is 40.6 Å². The maximum absolute atomic E-state index is 11.5. The number of rotatable bonds is 7. The van der Waals surface area contributed by atoms with Gasteiger partial charge in [-0.05, 0) is 36.4 Å². The molecule has 3 aromatic rings. The van der Waals surface area contributed by atoms with Crippen LogP contribution in [0.5, 0.6) is 5.75 Å². The van der Waals surface area contributed by atoms with Crippen molar-refractivity contribution in [2.75, 3.05) is 15.1 Å². The molecule has 0 saturated heterocycles. The molecule has 1 aliphatic heterocycles. The number of hydrogen-bond donors (Lipinski definition) is 3. The van der Waals surface area contributed by atoms with Crippen molar-refractivity contribution in [3.63, 3.8) is 0 Å². The van der Waals surface area contributed by atoms with Gasteiger partial charge in [0.2, 0.25) is 0 Å². The van der Waals surface area contributed by atoms with Gasteiger partial charge in [-0.3, -0.25) is 9.11 Å². The number of nitrogens with zero attached hydrogens (tertiary/aromatic N) is 1. The molecule has 0 spiro atoms. The van der Waals surface area contributed by atoms with Crippen LogP contribution < -0.4 is 4.90 Å². The summed E-state index contributed by atoms with van der Waals surface area (Å²) in [6, 6.07) is 21.4. The molecule has 0 radical (unpaired) electrons. The van der Waals surface area contributed by atoms with Crippen molar-refractivity contribution < 1.29 is 31.0 Å². The number of aromatic hydroxyl groups is 1. The molecule has 0 atom stereocenters. The van der Waals surface area contributed by atoms with Crippen LogP contribution >= 0.6 is 23.5 Å². The van der Waals surface area contributed by atoms with Crippen molar-refractivity contribution in [2.45, 2.75) is 0 Å². The minimum absolute atomic E-state index is 0.119. The number of phenolic OH excluding ortho intramolecular Hbond substituents is 1. The first-order valence-electron chi connectivity index (χ1n) is 9.72. The van der Waals surface area contributed by atoms with Crippen LogP contribution in [0.3, 0.4) is 0 Å². The fourth-order valence-electron chi connectivity index (χ4n) is 3.58. The molecule has 0 aromatic heterocycles. The Morgan fingerprint density at radius 3 is 1.59 bits per heavy atom. The highest BCUT2D eigenvalue weighted by molar-refractivity contribution is 8.28. The molecule has 0 saturated carbocycles. The largest absolute Gasteiger partial charge is 0.508 e. The van der Waals surface area contributed by atoms with E-state index >= 15 is 0 Å². The van der Waals surface area contributed by atoms with E-state index in [9.17, 15) is 31.0 Å². The lowest BCUT2D eigenvalue weighted by atomic mass is 9.91. The fraction of sp³-hybridized carbons (Fsp3) is 0.0909. The minimum Gasteiger partial charge on any atom is -0.508 e. The minimum atomic E-state index is -4.35. The molecule has 1 heterocycles. The number of benzene rings is 3. The molecule has 0 bridgehead atoms. The second kappa shape index (κ2) is 9.64. The van der Waals surface area contributed by atoms with Gasteiger partial charge in [-0.1, -0.05) is 59.9 Å². The lowest BCUT2D eigenvalue weighted by molar-refractivity contribution is 0.475. The van der Waals surface area contributed by atoms with E-state index in [1.807, 2.05) is 41.3 Å². The van der Waals surface area contributed by atoms with E-state index < -0.39 is 30.4 Å². The van der Waals surface area contributed by atoms with Crippen LogP contribution in [0.1, 0.15) is 11.1 Å². The summed E-state index contributed by atoms with van der Waals surface area (Å²) in [6.07, 6.45) is 0. The molecule has 178 valence electrons. The lowest BCUT2D eigenvalue weighted by Crippen LogP contribution is -2.18. The van der Waals surface area contributed by atoms with Crippen molar-refractivity contribution in [3.05, 3.63) is 88.2 Å². The van der Waals surface area contributed by atoms with Gasteiger partial charge in [0.05, 0.1) is 15.6 Å². The van der Waals surface area contributed by atoms with Crippen molar-refractivity contribution in [2.24, 2.45) is 0 Å². The maximum Gasteiger partial charge on any atom is 0.274 e. The molecule has 12 heteroatoms. The van der Waals surface area contributed by atoms with Gasteiger partial charge in [-0.25, -0.2) is 0 Å². The summed E-state index contributed by atoms with van der Waals surface area (Å²) in [4.78, 5) is 1.98. The highest BCUT2D eigenvalue weighted by atomic mass is 32.3. The van der Waals surface area contributed by atoms with Crippen LogP contribution in [-0.4, -0.2) is 41.2 Å². The summed E-state index contributed by atoms with van der Waals surface area (Å²) < 4.78 is 64.9. The fourth-order valence-corrected chi connectivity index (χ4v) is 7.55. The Morgan fingerprint density at radius 1 is 0.706 bits per heavy atom. The van der Waals surface area contributed by atoms with E-state index in [2.05, 4.69) is 0 Å². The van der Waals surface area contributed by atoms with Crippen molar-refractivity contribution >= 4 is 66.4 Å². The molecule has 34 heavy (non-hydrogen) atoms. The predicted octanol–water partition coefficient (Wildman–Crippen LogP) is 5.05. The summed E-state index contributed by atoms with van der Waals surface area (Å²) in [5.41, 5.74) is 4.27. The Bertz CT molecular complexity index is 1380. The number of fused-ring (bicyclic) bond motifs is 2. The molecular formula is C22H19NO7S4. The first-order chi connectivity index (χ1) is 16.0. The predicted molar refractivity (Wildman–Crippen MR) is 137 cm³/mol. The number of phenols is 1. The number of para-hydroxylation sites is 2. The Balaban J connectivity index is 1.97. The molecule has 0 aliphatic carbocycles. The Morgan fingerprint density at radius 2 is 1.15 bits per heavy atom. The second-order valence-electron chi connectivity index (χ2n) is 7.24. The highest BCUT2D eigenvalue weighted by Crippen LogP contribution is 2.52. The average Bonchev–Trinajstić information content (AvgIpc) is 2.77.